The molecule has 0 radical (unpaired) electrons. The first kappa shape index (κ1) is 22.6. The number of fused-ring (bicyclic) bond motifs is 3. The molecule has 1 unspecified atom stereocenters. The molecule has 33 heavy (non-hydrogen) atoms. The Morgan fingerprint density at radius 1 is 1.21 bits per heavy atom. The predicted octanol–water partition coefficient (Wildman–Crippen LogP) is 5.92. The smallest absolute Gasteiger partial charge is 0.389 e. The van der Waals surface area contributed by atoms with Gasteiger partial charge in [-0.1, -0.05) is 0 Å². The number of aromatic amines is 1. The second-order valence-electron chi connectivity index (χ2n) is 10.5. The van der Waals surface area contributed by atoms with E-state index in [9.17, 15) is 18.0 Å². The predicted molar refractivity (Wildman–Crippen MR) is 119 cm³/mol. The molecule has 1 saturated heterocycles. The van der Waals surface area contributed by atoms with Gasteiger partial charge in [0.05, 0.1) is 30.9 Å². The zero-order valence-corrected chi connectivity index (χ0v) is 18.8. The summed E-state index contributed by atoms with van der Waals surface area (Å²) in [6.45, 7) is 3.23. The number of aromatic nitrogens is 1. The zero-order chi connectivity index (χ0) is 23.2. The Bertz CT molecular complexity index is 1010. The molecule has 3 fully saturated rings. The monoisotopic (exact) mass is 464 g/mol. The molecule has 2 N–H and O–H groups in total. The highest BCUT2D eigenvalue weighted by molar-refractivity contribution is 6.04. The number of hydrogen-bond donors (Lipinski definition) is 2. The molecule has 5 nitrogen and oxygen atoms in total. The fraction of sp³-hybridized carbons (Fsp3) is 0.640. The Morgan fingerprint density at radius 3 is 2.70 bits per heavy atom. The van der Waals surface area contributed by atoms with Gasteiger partial charge in [0.2, 0.25) is 5.91 Å². The van der Waals surface area contributed by atoms with Gasteiger partial charge in [-0.25, -0.2) is 0 Å². The zero-order valence-electron chi connectivity index (χ0n) is 18.8. The van der Waals surface area contributed by atoms with E-state index in [2.05, 4.69) is 10.3 Å². The minimum absolute atomic E-state index is 0.0668. The van der Waals surface area contributed by atoms with Crippen molar-refractivity contribution in [3.8, 4) is 5.75 Å². The van der Waals surface area contributed by atoms with Gasteiger partial charge in [-0.2, -0.15) is 13.2 Å². The lowest BCUT2D eigenvalue weighted by Crippen LogP contribution is -2.49. The van der Waals surface area contributed by atoms with E-state index in [1.54, 1.807) is 6.20 Å². The molecule has 8 heteroatoms. The summed E-state index contributed by atoms with van der Waals surface area (Å²) in [5.41, 5.74) is 1.10. The minimum Gasteiger partial charge on any atom is -0.493 e. The Hall–Kier alpha value is -2.22. The molecule has 2 saturated carbocycles. The van der Waals surface area contributed by atoms with Gasteiger partial charge in [0, 0.05) is 23.5 Å². The largest absolute Gasteiger partial charge is 0.493 e. The number of benzene rings is 1. The fourth-order valence-electron chi connectivity index (χ4n) is 5.96. The molecule has 2 aromatic rings. The number of carbonyl (C=O) groups is 1. The number of nitrogens with one attached hydrogen (secondary N) is 2. The summed E-state index contributed by atoms with van der Waals surface area (Å²) in [6, 6.07) is 5.72. The highest BCUT2D eigenvalue weighted by Gasteiger charge is 2.45. The van der Waals surface area contributed by atoms with E-state index in [0.717, 1.165) is 43.0 Å². The molecule has 5 rings (SSSR count). The number of ether oxygens (including phenoxy) is 2. The summed E-state index contributed by atoms with van der Waals surface area (Å²) in [6.07, 6.45) is 1.49. The van der Waals surface area contributed by atoms with E-state index in [1.165, 1.54) is 0 Å². The van der Waals surface area contributed by atoms with Crippen LogP contribution in [-0.4, -0.2) is 36.9 Å². The SMILES string of the molecule is CC1(C(=O)Nc2c[nH]c3ccc(OC[C@@H]4CC[C@@H]5CC[C@@H](C4)C5CC(F)(F)F)cc23)COC1. The van der Waals surface area contributed by atoms with Crippen molar-refractivity contribution in [1.82, 2.24) is 4.98 Å². The highest BCUT2D eigenvalue weighted by atomic mass is 19.4. The molecule has 0 spiro atoms. The molecule has 2 heterocycles. The molecule has 1 aromatic carbocycles. The van der Waals surface area contributed by atoms with Crippen molar-refractivity contribution in [2.24, 2.45) is 29.1 Å². The standard InChI is InChI=1S/C25H31F3N2O3/c1-24(13-32-14-24)23(31)30-22-11-29-21-7-6-18(9-19(21)22)33-12-15-2-3-16-4-5-17(8-15)20(16)10-25(26,27)28/h6-7,9,11,15-17,20,29H,2-5,8,10,12-14H2,1H3,(H,30,31)/t15-,16-,17+,20?/m1/s1. The molecular formula is C25H31F3N2O3. The van der Waals surface area contributed by atoms with E-state index < -0.39 is 18.0 Å². The Balaban J connectivity index is 1.22. The van der Waals surface area contributed by atoms with Crippen molar-refractivity contribution in [2.45, 2.75) is 51.6 Å². The average Bonchev–Trinajstić information content (AvgIpc) is 3.24. The second kappa shape index (κ2) is 8.53. The van der Waals surface area contributed by atoms with Gasteiger partial charge in [-0.15, -0.1) is 0 Å². The van der Waals surface area contributed by atoms with E-state index in [4.69, 9.17) is 9.47 Å². The van der Waals surface area contributed by atoms with Crippen LogP contribution in [0.5, 0.6) is 5.75 Å². The van der Waals surface area contributed by atoms with Gasteiger partial charge < -0.3 is 19.8 Å². The van der Waals surface area contributed by atoms with Crippen molar-refractivity contribution in [1.29, 1.82) is 0 Å². The number of H-pyrrole nitrogens is 1. The quantitative estimate of drug-likeness (QED) is 0.558. The Morgan fingerprint density at radius 2 is 1.97 bits per heavy atom. The fourth-order valence-corrected chi connectivity index (χ4v) is 5.96. The van der Waals surface area contributed by atoms with Crippen LogP contribution in [0.3, 0.4) is 0 Å². The van der Waals surface area contributed by atoms with Crippen LogP contribution in [0.2, 0.25) is 0 Å². The molecular weight excluding hydrogens is 433 g/mol. The molecule has 1 amide bonds. The normalized spacial score (nSPS) is 28.8. The van der Waals surface area contributed by atoms with Crippen LogP contribution in [0.25, 0.3) is 10.9 Å². The average molecular weight is 465 g/mol. The van der Waals surface area contributed by atoms with Crippen LogP contribution < -0.4 is 10.1 Å². The molecule has 1 aromatic heterocycles. The minimum atomic E-state index is -4.08. The topological polar surface area (TPSA) is 63.4 Å². The maximum Gasteiger partial charge on any atom is 0.389 e. The summed E-state index contributed by atoms with van der Waals surface area (Å²) in [7, 11) is 0. The number of amides is 1. The van der Waals surface area contributed by atoms with Crippen LogP contribution in [0.15, 0.2) is 24.4 Å². The van der Waals surface area contributed by atoms with Gasteiger partial charge >= 0.3 is 6.18 Å². The number of carbonyl (C=O) groups excluding carboxylic acids is 1. The third-order valence-corrected chi connectivity index (χ3v) is 7.94. The summed E-state index contributed by atoms with van der Waals surface area (Å²) >= 11 is 0. The van der Waals surface area contributed by atoms with Crippen LogP contribution in [0, 0.1) is 29.1 Å². The number of alkyl halides is 3. The Labute approximate surface area is 191 Å². The first-order valence-corrected chi connectivity index (χ1v) is 11.9. The van der Waals surface area contributed by atoms with Gasteiger partial charge in [-0.05, 0) is 80.9 Å². The first-order chi connectivity index (χ1) is 15.7. The third kappa shape index (κ3) is 4.72. The van der Waals surface area contributed by atoms with Gasteiger partial charge in [0.25, 0.3) is 0 Å². The number of rotatable bonds is 6. The summed E-state index contributed by atoms with van der Waals surface area (Å²) in [5.74, 6) is 1.04. The number of halogens is 3. The van der Waals surface area contributed by atoms with E-state index in [0.29, 0.717) is 31.3 Å². The van der Waals surface area contributed by atoms with Gasteiger partial charge in [-0.3, -0.25) is 4.79 Å². The lowest BCUT2D eigenvalue weighted by Gasteiger charge is -2.36. The van der Waals surface area contributed by atoms with Gasteiger partial charge in [0.15, 0.2) is 0 Å². The maximum absolute atomic E-state index is 13.1. The van der Waals surface area contributed by atoms with Crippen LogP contribution in [0.4, 0.5) is 18.9 Å². The number of hydrogen-bond acceptors (Lipinski definition) is 3. The molecule has 4 atom stereocenters. The van der Waals surface area contributed by atoms with Gasteiger partial charge in [0.1, 0.15) is 5.75 Å². The van der Waals surface area contributed by atoms with Crippen molar-refractivity contribution in [2.75, 3.05) is 25.1 Å². The Kier molecular flexibility index (Phi) is 5.83. The molecule has 1 aliphatic heterocycles. The first-order valence-electron chi connectivity index (χ1n) is 11.9. The van der Waals surface area contributed by atoms with Crippen molar-refractivity contribution < 1.29 is 27.4 Å². The van der Waals surface area contributed by atoms with E-state index in [-0.39, 0.29) is 29.6 Å². The van der Waals surface area contributed by atoms with Crippen molar-refractivity contribution in [3.05, 3.63) is 24.4 Å². The molecule has 2 aliphatic carbocycles. The second-order valence-corrected chi connectivity index (χ2v) is 10.5. The van der Waals surface area contributed by atoms with Crippen molar-refractivity contribution >= 4 is 22.5 Å². The van der Waals surface area contributed by atoms with Crippen LogP contribution in [0.1, 0.15) is 45.4 Å². The lowest BCUT2D eigenvalue weighted by atomic mass is 9.85. The maximum atomic E-state index is 13.1. The summed E-state index contributed by atoms with van der Waals surface area (Å²) in [4.78, 5) is 15.7. The summed E-state index contributed by atoms with van der Waals surface area (Å²) in [5, 5.41) is 3.86. The third-order valence-electron chi connectivity index (χ3n) is 7.94. The molecule has 2 bridgehead atoms. The summed E-state index contributed by atoms with van der Waals surface area (Å²) < 4.78 is 50.5. The lowest BCUT2D eigenvalue weighted by molar-refractivity contribution is -0.152. The number of anilines is 1. The molecule has 180 valence electrons. The van der Waals surface area contributed by atoms with E-state index in [1.807, 2.05) is 25.1 Å². The van der Waals surface area contributed by atoms with Crippen LogP contribution in [-0.2, 0) is 9.53 Å². The van der Waals surface area contributed by atoms with Crippen molar-refractivity contribution in [3.63, 3.8) is 0 Å². The highest BCUT2D eigenvalue weighted by Crippen LogP contribution is 2.50. The van der Waals surface area contributed by atoms with Crippen LogP contribution >= 0.6 is 0 Å². The molecule has 3 aliphatic rings. The van der Waals surface area contributed by atoms with E-state index >= 15 is 0 Å².